The zero-order chi connectivity index (χ0) is 18.8. The van der Waals surface area contributed by atoms with Gasteiger partial charge >= 0.3 is 18.3 Å². The van der Waals surface area contributed by atoms with Gasteiger partial charge in [0.05, 0.1) is 12.5 Å². The van der Waals surface area contributed by atoms with Gasteiger partial charge in [-0.25, -0.2) is 4.98 Å². The second kappa shape index (κ2) is 7.48. The number of ether oxygens (including phenoxy) is 1. The predicted octanol–water partition coefficient (Wildman–Crippen LogP) is 3.87. The quantitative estimate of drug-likeness (QED) is 0.578. The van der Waals surface area contributed by atoms with E-state index in [1.807, 2.05) is 0 Å². The van der Waals surface area contributed by atoms with E-state index in [4.69, 9.17) is 0 Å². The van der Waals surface area contributed by atoms with Crippen LogP contribution in [0.1, 0.15) is 29.6 Å². The van der Waals surface area contributed by atoms with E-state index in [0.717, 1.165) is 4.90 Å². The van der Waals surface area contributed by atoms with Crippen LogP contribution in [0.4, 0.5) is 26.3 Å². The number of nitrogens with zero attached hydrogens (tertiary/aromatic N) is 2. The van der Waals surface area contributed by atoms with Gasteiger partial charge in [0.2, 0.25) is 6.10 Å². The molecule has 0 unspecified atom stereocenters. The third-order valence-electron chi connectivity index (χ3n) is 3.63. The van der Waals surface area contributed by atoms with Crippen LogP contribution in [0.25, 0.3) is 0 Å². The standard InChI is InChI=1S/C14H16F6N2O2S/c1-8-6-25-11(21-8)10(14(18,19)20)24-12(23)9-3-2-4-22(5-9)7-13(15,16)17/h6,9-10H,2-5,7H2,1H3/t9-,10+/m1/s1. The molecule has 0 bridgehead atoms. The summed E-state index contributed by atoms with van der Waals surface area (Å²) in [6, 6.07) is 0. The van der Waals surface area contributed by atoms with Crippen molar-refractivity contribution in [2.45, 2.75) is 38.2 Å². The molecule has 4 nitrogen and oxygen atoms in total. The van der Waals surface area contributed by atoms with Crippen molar-refractivity contribution in [3.63, 3.8) is 0 Å². The molecule has 0 aliphatic carbocycles. The van der Waals surface area contributed by atoms with Gasteiger partial charge in [0, 0.05) is 17.6 Å². The maximum absolute atomic E-state index is 13.2. The molecule has 25 heavy (non-hydrogen) atoms. The van der Waals surface area contributed by atoms with Crippen LogP contribution in [0.5, 0.6) is 0 Å². The van der Waals surface area contributed by atoms with E-state index in [0.29, 0.717) is 17.0 Å². The monoisotopic (exact) mass is 390 g/mol. The molecule has 1 fully saturated rings. The molecule has 1 aromatic heterocycles. The highest BCUT2D eigenvalue weighted by atomic mass is 32.1. The van der Waals surface area contributed by atoms with Gasteiger partial charge < -0.3 is 4.74 Å². The van der Waals surface area contributed by atoms with E-state index in [1.165, 1.54) is 12.3 Å². The van der Waals surface area contributed by atoms with E-state index < -0.39 is 41.9 Å². The number of thiazole rings is 1. The molecular formula is C14H16F6N2O2S. The molecule has 1 aliphatic heterocycles. The van der Waals surface area contributed by atoms with Gasteiger partial charge in [0.1, 0.15) is 5.01 Å². The molecule has 2 atom stereocenters. The van der Waals surface area contributed by atoms with Crippen LogP contribution < -0.4 is 0 Å². The van der Waals surface area contributed by atoms with Crippen LogP contribution in [-0.2, 0) is 9.53 Å². The van der Waals surface area contributed by atoms with E-state index in [9.17, 15) is 31.1 Å². The maximum atomic E-state index is 13.2. The van der Waals surface area contributed by atoms with E-state index in [2.05, 4.69) is 9.72 Å². The normalized spacial score (nSPS) is 21.2. The fourth-order valence-electron chi connectivity index (χ4n) is 2.61. The minimum atomic E-state index is -4.85. The fourth-order valence-corrected chi connectivity index (χ4v) is 3.45. The summed E-state index contributed by atoms with van der Waals surface area (Å²) in [4.78, 5) is 16.8. The summed E-state index contributed by atoms with van der Waals surface area (Å²) in [7, 11) is 0. The number of rotatable bonds is 4. The molecule has 0 amide bonds. The first-order valence-corrected chi connectivity index (χ1v) is 8.32. The second-order valence-corrected chi connectivity index (χ2v) is 6.76. The molecule has 0 aromatic carbocycles. The molecule has 1 saturated heterocycles. The number of hydrogen-bond donors (Lipinski definition) is 0. The van der Waals surface area contributed by atoms with Gasteiger partial charge in [-0.2, -0.15) is 26.3 Å². The molecule has 2 heterocycles. The van der Waals surface area contributed by atoms with Crippen LogP contribution in [-0.4, -0.2) is 47.8 Å². The van der Waals surface area contributed by atoms with E-state index >= 15 is 0 Å². The van der Waals surface area contributed by atoms with E-state index in [-0.39, 0.29) is 25.9 Å². The largest absolute Gasteiger partial charge is 0.445 e. The Bertz CT molecular complexity index is 601. The Morgan fingerprint density at radius 2 is 2.08 bits per heavy atom. The molecule has 2 rings (SSSR count). The van der Waals surface area contributed by atoms with Crippen LogP contribution in [0.15, 0.2) is 5.38 Å². The summed E-state index contributed by atoms with van der Waals surface area (Å²) in [6.45, 7) is 0.161. The molecule has 142 valence electrons. The highest BCUT2D eigenvalue weighted by Gasteiger charge is 2.47. The molecule has 0 radical (unpaired) electrons. The van der Waals surface area contributed by atoms with Crippen LogP contribution in [0.3, 0.4) is 0 Å². The third kappa shape index (κ3) is 5.84. The first-order chi connectivity index (χ1) is 11.5. The Hall–Kier alpha value is -1.36. The molecule has 0 saturated carbocycles. The number of alkyl halides is 6. The number of carbonyl (C=O) groups is 1. The Balaban J connectivity index is 2.05. The summed E-state index contributed by atoms with van der Waals surface area (Å²) < 4.78 is 81.5. The van der Waals surface area contributed by atoms with E-state index in [1.54, 1.807) is 0 Å². The van der Waals surface area contributed by atoms with Crippen molar-refractivity contribution in [2.75, 3.05) is 19.6 Å². The van der Waals surface area contributed by atoms with Gasteiger partial charge in [0.25, 0.3) is 0 Å². The van der Waals surface area contributed by atoms with Crippen LogP contribution in [0.2, 0.25) is 0 Å². The van der Waals surface area contributed by atoms with Crippen LogP contribution in [0, 0.1) is 12.8 Å². The van der Waals surface area contributed by atoms with Crippen molar-refractivity contribution in [2.24, 2.45) is 5.92 Å². The molecule has 0 N–H and O–H groups in total. The lowest BCUT2D eigenvalue weighted by molar-refractivity contribution is -0.227. The first-order valence-electron chi connectivity index (χ1n) is 7.44. The maximum Gasteiger partial charge on any atom is 0.432 e. The topological polar surface area (TPSA) is 42.4 Å². The second-order valence-electron chi connectivity index (χ2n) is 5.88. The van der Waals surface area contributed by atoms with Gasteiger partial charge in [-0.05, 0) is 26.3 Å². The Morgan fingerprint density at radius 3 is 2.60 bits per heavy atom. The molecule has 11 heteroatoms. The van der Waals surface area contributed by atoms with Crippen molar-refractivity contribution in [1.29, 1.82) is 0 Å². The SMILES string of the molecule is Cc1csc([C@H](OC(=O)[C@@H]2CCCN(CC(F)(F)F)C2)C(F)(F)F)n1. The first kappa shape index (κ1) is 20.0. The number of likely N-dealkylation sites (tertiary alicyclic amines) is 1. The molecule has 1 aromatic rings. The minimum absolute atomic E-state index is 0.137. The Kier molecular flexibility index (Phi) is 5.97. The van der Waals surface area contributed by atoms with Crippen molar-refractivity contribution >= 4 is 17.3 Å². The Labute approximate surface area is 143 Å². The summed E-state index contributed by atoms with van der Waals surface area (Å²) in [5, 5.41) is 0.995. The lowest BCUT2D eigenvalue weighted by atomic mass is 9.98. The van der Waals surface area contributed by atoms with Gasteiger partial charge in [-0.3, -0.25) is 9.69 Å². The Morgan fingerprint density at radius 1 is 1.40 bits per heavy atom. The molecule has 0 spiro atoms. The van der Waals surface area contributed by atoms with Crippen LogP contribution >= 0.6 is 11.3 Å². The minimum Gasteiger partial charge on any atom is -0.445 e. The van der Waals surface area contributed by atoms with Crippen molar-refractivity contribution in [3.8, 4) is 0 Å². The number of esters is 1. The number of hydrogen-bond acceptors (Lipinski definition) is 5. The predicted molar refractivity (Wildman–Crippen MR) is 77.0 cm³/mol. The highest BCUT2D eigenvalue weighted by Crippen LogP contribution is 2.38. The molecule has 1 aliphatic rings. The third-order valence-corrected chi connectivity index (χ3v) is 4.64. The van der Waals surface area contributed by atoms with Gasteiger partial charge in [0.15, 0.2) is 0 Å². The van der Waals surface area contributed by atoms with Crippen molar-refractivity contribution in [1.82, 2.24) is 9.88 Å². The zero-order valence-electron chi connectivity index (χ0n) is 13.2. The molecular weight excluding hydrogens is 374 g/mol. The average Bonchev–Trinajstić information content (AvgIpc) is 2.87. The number of aryl methyl sites for hydroxylation is 1. The van der Waals surface area contributed by atoms with Gasteiger partial charge in [-0.1, -0.05) is 0 Å². The van der Waals surface area contributed by atoms with Gasteiger partial charge in [-0.15, -0.1) is 11.3 Å². The van der Waals surface area contributed by atoms with Crippen molar-refractivity contribution < 1.29 is 35.9 Å². The summed E-state index contributed by atoms with van der Waals surface area (Å²) in [6.07, 6.45) is -11.3. The number of piperidine rings is 1. The number of aromatic nitrogens is 1. The number of halogens is 6. The lowest BCUT2D eigenvalue weighted by Crippen LogP contribution is -2.44. The average molecular weight is 390 g/mol. The summed E-state index contributed by atoms with van der Waals surface area (Å²) in [5.41, 5.74) is 0.360. The zero-order valence-corrected chi connectivity index (χ0v) is 14.0. The fraction of sp³-hybridized carbons (Fsp3) is 0.714. The summed E-state index contributed by atoms with van der Waals surface area (Å²) >= 11 is 0.714. The lowest BCUT2D eigenvalue weighted by Gasteiger charge is -2.32. The smallest absolute Gasteiger partial charge is 0.432 e. The summed E-state index contributed by atoms with van der Waals surface area (Å²) in [5.74, 6) is -2.18. The van der Waals surface area contributed by atoms with Crippen molar-refractivity contribution in [3.05, 3.63) is 16.1 Å². The number of carbonyl (C=O) groups excluding carboxylic acids is 1. The highest BCUT2D eigenvalue weighted by molar-refractivity contribution is 7.09.